The first-order valence-corrected chi connectivity index (χ1v) is 5.62. The van der Waals surface area contributed by atoms with Gasteiger partial charge in [0, 0.05) is 18.4 Å². The molecule has 13 heavy (non-hydrogen) atoms. The van der Waals surface area contributed by atoms with Crippen molar-refractivity contribution in [3.63, 3.8) is 0 Å². The molecule has 2 rings (SSSR count). The molecular formula is C12H19N. The molecule has 1 heterocycles. The minimum Gasteiger partial charge on any atom is -0.300 e. The summed E-state index contributed by atoms with van der Waals surface area (Å²) in [6, 6.07) is 0.958. The molecule has 2 fully saturated rings. The molecule has 0 atom stereocenters. The summed E-state index contributed by atoms with van der Waals surface area (Å²) in [6.07, 6.45) is 6.53. The van der Waals surface area contributed by atoms with Crippen LogP contribution in [0.25, 0.3) is 0 Å². The summed E-state index contributed by atoms with van der Waals surface area (Å²) in [4.78, 5) is 2.66. The van der Waals surface area contributed by atoms with E-state index in [9.17, 15) is 0 Å². The molecule has 0 radical (unpaired) electrons. The molecule has 72 valence electrons. The Morgan fingerprint density at radius 2 is 1.85 bits per heavy atom. The minimum atomic E-state index is 0.704. The van der Waals surface area contributed by atoms with E-state index in [0.717, 1.165) is 12.5 Å². The molecule has 2 aliphatic rings. The molecule has 0 aromatic carbocycles. The average molecular weight is 177 g/mol. The van der Waals surface area contributed by atoms with Crippen molar-refractivity contribution in [2.45, 2.75) is 45.1 Å². The first kappa shape index (κ1) is 9.09. The van der Waals surface area contributed by atoms with Crippen LogP contribution in [0.1, 0.15) is 39.0 Å². The van der Waals surface area contributed by atoms with Gasteiger partial charge in [-0.3, -0.25) is 0 Å². The molecule has 0 aromatic rings. The summed E-state index contributed by atoms with van der Waals surface area (Å²) in [5.74, 6) is 7.29. The quantitative estimate of drug-likeness (QED) is 0.555. The molecule has 1 aliphatic carbocycles. The van der Waals surface area contributed by atoms with Gasteiger partial charge in [-0.25, -0.2) is 0 Å². The lowest BCUT2D eigenvalue weighted by molar-refractivity contribution is 0.197. The van der Waals surface area contributed by atoms with Crippen molar-refractivity contribution in [2.24, 2.45) is 5.92 Å². The van der Waals surface area contributed by atoms with Crippen molar-refractivity contribution in [2.75, 3.05) is 13.1 Å². The molecular weight excluding hydrogens is 158 g/mol. The van der Waals surface area contributed by atoms with Gasteiger partial charge in [0.15, 0.2) is 0 Å². The fourth-order valence-corrected chi connectivity index (χ4v) is 2.10. The topological polar surface area (TPSA) is 3.24 Å². The van der Waals surface area contributed by atoms with Crippen LogP contribution in [0.3, 0.4) is 0 Å². The number of nitrogens with zero attached hydrogens (tertiary/aromatic N) is 1. The molecule has 0 spiro atoms. The maximum atomic E-state index is 3.37. The van der Waals surface area contributed by atoms with Gasteiger partial charge in [0.05, 0.1) is 0 Å². The van der Waals surface area contributed by atoms with Crippen LogP contribution in [0.5, 0.6) is 0 Å². The Hall–Kier alpha value is -0.480. The number of hydrogen-bond acceptors (Lipinski definition) is 1. The van der Waals surface area contributed by atoms with Gasteiger partial charge in [0.2, 0.25) is 0 Å². The van der Waals surface area contributed by atoms with Gasteiger partial charge in [-0.2, -0.15) is 0 Å². The van der Waals surface area contributed by atoms with E-state index in [2.05, 4.69) is 23.7 Å². The van der Waals surface area contributed by atoms with Gasteiger partial charge in [-0.1, -0.05) is 12.8 Å². The Morgan fingerprint density at radius 1 is 1.15 bits per heavy atom. The lowest BCUT2D eigenvalue weighted by Crippen LogP contribution is -2.34. The zero-order chi connectivity index (χ0) is 9.10. The van der Waals surface area contributed by atoms with Crippen LogP contribution in [0.4, 0.5) is 0 Å². The third kappa shape index (κ3) is 2.48. The first-order chi connectivity index (χ1) is 6.40. The SMILES string of the molecule is CCC#CC1CCN(C2CC2)CC1. The predicted octanol–water partition coefficient (Wildman–Crippen LogP) is 2.27. The molecule has 0 bridgehead atoms. The Labute approximate surface area is 81.5 Å². The second-order valence-electron chi connectivity index (χ2n) is 4.22. The van der Waals surface area contributed by atoms with Crippen molar-refractivity contribution >= 4 is 0 Å². The van der Waals surface area contributed by atoms with Gasteiger partial charge >= 0.3 is 0 Å². The third-order valence-corrected chi connectivity index (χ3v) is 3.08. The van der Waals surface area contributed by atoms with Gasteiger partial charge < -0.3 is 4.90 Å². The molecule has 0 unspecified atom stereocenters. The Bertz CT molecular complexity index is 211. The van der Waals surface area contributed by atoms with Gasteiger partial charge in [-0.05, 0) is 38.8 Å². The van der Waals surface area contributed by atoms with Crippen molar-refractivity contribution < 1.29 is 0 Å². The summed E-state index contributed by atoms with van der Waals surface area (Å²) < 4.78 is 0. The highest BCUT2D eigenvalue weighted by atomic mass is 15.2. The number of piperidine rings is 1. The Balaban J connectivity index is 1.75. The van der Waals surface area contributed by atoms with E-state index >= 15 is 0 Å². The number of hydrogen-bond donors (Lipinski definition) is 0. The Morgan fingerprint density at radius 3 is 2.38 bits per heavy atom. The third-order valence-electron chi connectivity index (χ3n) is 3.08. The lowest BCUT2D eigenvalue weighted by atomic mass is 9.97. The van der Waals surface area contributed by atoms with Crippen molar-refractivity contribution in [3.05, 3.63) is 0 Å². The van der Waals surface area contributed by atoms with Crippen LogP contribution in [-0.2, 0) is 0 Å². The van der Waals surface area contributed by atoms with Gasteiger partial charge in [0.25, 0.3) is 0 Å². The van der Waals surface area contributed by atoms with Crippen LogP contribution in [0.15, 0.2) is 0 Å². The van der Waals surface area contributed by atoms with Crippen LogP contribution in [0, 0.1) is 17.8 Å². The predicted molar refractivity (Wildman–Crippen MR) is 55.4 cm³/mol. The summed E-state index contributed by atoms with van der Waals surface area (Å²) in [7, 11) is 0. The van der Waals surface area contributed by atoms with E-state index in [1.54, 1.807) is 0 Å². The number of likely N-dealkylation sites (tertiary alicyclic amines) is 1. The monoisotopic (exact) mass is 177 g/mol. The summed E-state index contributed by atoms with van der Waals surface area (Å²) in [5.41, 5.74) is 0. The van der Waals surface area contributed by atoms with E-state index in [1.165, 1.54) is 38.8 Å². The summed E-state index contributed by atoms with van der Waals surface area (Å²) in [5, 5.41) is 0. The average Bonchev–Trinajstić information content (AvgIpc) is 2.99. The fourth-order valence-electron chi connectivity index (χ4n) is 2.10. The van der Waals surface area contributed by atoms with Crippen molar-refractivity contribution in [1.82, 2.24) is 4.90 Å². The first-order valence-electron chi connectivity index (χ1n) is 5.62. The summed E-state index contributed by atoms with van der Waals surface area (Å²) >= 11 is 0. The normalized spacial score (nSPS) is 25.3. The molecule has 1 aliphatic heterocycles. The highest BCUT2D eigenvalue weighted by Gasteiger charge is 2.31. The van der Waals surface area contributed by atoms with E-state index < -0.39 is 0 Å². The second-order valence-corrected chi connectivity index (χ2v) is 4.22. The second kappa shape index (κ2) is 4.15. The molecule has 0 N–H and O–H groups in total. The smallest absolute Gasteiger partial charge is 0.0227 e. The van der Waals surface area contributed by atoms with E-state index in [-0.39, 0.29) is 0 Å². The Kier molecular flexibility index (Phi) is 2.90. The molecule has 1 saturated heterocycles. The zero-order valence-corrected chi connectivity index (χ0v) is 8.55. The molecule has 1 nitrogen and oxygen atoms in total. The maximum absolute atomic E-state index is 3.37. The molecule has 1 saturated carbocycles. The molecule has 1 heteroatoms. The molecule has 0 aromatic heterocycles. The van der Waals surface area contributed by atoms with E-state index in [1.807, 2.05) is 0 Å². The largest absolute Gasteiger partial charge is 0.300 e. The van der Waals surface area contributed by atoms with Crippen LogP contribution in [0.2, 0.25) is 0 Å². The zero-order valence-electron chi connectivity index (χ0n) is 8.55. The fraction of sp³-hybridized carbons (Fsp3) is 0.833. The molecule has 0 amide bonds. The minimum absolute atomic E-state index is 0.704. The van der Waals surface area contributed by atoms with Crippen LogP contribution < -0.4 is 0 Å². The van der Waals surface area contributed by atoms with Crippen LogP contribution in [-0.4, -0.2) is 24.0 Å². The van der Waals surface area contributed by atoms with Gasteiger partial charge in [-0.15, -0.1) is 5.92 Å². The maximum Gasteiger partial charge on any atom is 0.0227 e. The van der Waals surface area contributed by atoms with Crippen LogP contribution >= 0.6 is 0 Å². The van der Waals surface area contributed by atoms with E-state index in [0.29, 0.717) is 5.92 Å². The highest BCUT2D eigenvalue weighted by molar-refractivity contribution is 5.05. The van der Waals surface area contributed by atoms with E-state index in [4.69, 9.17) is 0 Å². The van der Waals surface area contributed by atoms with Crippen molar-refractivity contribution in [3.8, 4) is 11.8 Å². The number of rotatable bonds is 1. The highest BCUT2D eigenvalue weighted by Crippen LogP contribution is 2.30. The van der Waals surface area contributed by atoms with Crippen molar-refractivity contribution in [1.29, 1.82) is 0 Å². The van der Waals surface area contributed by atoms with Gasteiger partial charge in [0.1, 0.15) is 0 Å². The lowest BCUT2D eigenvalue weighted by Gasteiger charge is -2.29. The summed E-state index contributed by atoms with van der Waals surface area (Å²) in [6.45, 7) is 4.73. The standard InChI is InChI=1S/C12H19N/c1-2-3-4-11-7-9-13(10-8-11)12-5-6-12/h11-12H,2,5-10H2,1H3.